The number of rotatable bonds is 3. The van der Waals surface area contributed by atoms with Crippen molar-refractivity contribution in [2.45, 2.75) is 0 Å². The van der Waals surface area contributed by atoms with E-state index in [1.54, 1.807) is 11.3 Å². The highest BCUT2D eigenvalue weighted by Crippen LogP contribution is 2.38. The lowest BCUT2D eigenvalue weighted by molar-refractivity contribution is 0.996. The highest BCUT2D eigenvalue weighted by Gasteiger charge is 2.18. The molecule has 3 nitrogen and oxygen atoms in total. The number of nitrogens with zero attached hydrogens (tertiary/aromatic N) is 3. The number of para-hydroxylation sites is 1. The van der Waals surface area contributed by atoms with Gasteiger partial charge in [0.1, 0.15) is 0 Å². The van der Waals surface area contributed by atoms with E-state index in [9.17, 15) is 0 Å². The molecule has 0 atom stereocenters. The third-order valence-corrected chi connectivity index (χ3v) is 7.26. The van der Waals surface area contributed by atoms with Crippen LogP contribution in [-0.2, 0) is 0 Å². The first kappa shape index (κ1) is 19.2. The summed E-state index contributed by atoms with van der Waals surface area (Å²) in [6, 6.07) is 37.9. The van der Waals surface area contributed by atoms with Gasteiger partial charge in [-0.25, -0.2) is 9.97 Å². The van der Waals surface area contributed by atoms with E-state index in [1.807, 2.05) is 36.4 Å². The molecule has 0 unspecified atom stereocenters. The van der Waals surface area contributed by atoms with Gasteiger partial charge in [-0.3, -0.25) is 4.57 Å². The summed E-state index contributed by atoms with van der Waals surface area (Å²) in [5.41, 5.74) is 6.21. The van der Waals surface area contributed by atoms with E-state index in [-0.39, 0.29) is 0 Å². The Balaban J connectivity index is 1.59. The number of thiophene rings is 1. The molecular formula is C30H19N3S. The first-order chi connectivity index (χ1) is 16.9. The van der Waals surface area contributed by atoms with Gasteiger partial charge >= 0.3 is 0 Å². The second kappa shape index (κ2) is 7.65. The monoisotopic (exact) mass is 453 g/mol. The summed E-state index contributed by atoms with van der Waals surface area (Å²) in [5.74, 6) is 0.683. The predicted molar refractivity (Wildman–Crippen MR) is 143 cm³/mol. The van der Waals surface area contributed by atoms with Gasteiger partial charge in [-0.2, -0.15) is 0 Å². The van der Waals surface area contributed by atoms with Crippen molar-refractivity contribution in [3.63, 3.8) is 0 Å². The van der Waals surface area contributed by atoms with Gasteiger partial charge in [0.25, 0.3) is 0 Å². The van der Waals surface area contributed by atoms with E-state index >= 15 is 0 Å². The smallest absolute Gasteiger partial charge is 0.235 e. The molecule has 0 spiro atoms. The second-order valence-corrected chi connectivity index (χ2v) is 9.24. The average molecular weight is 454 g/mol. The number of benzene rings is 4. The summed E-state index contributed by atoms with van der Waals surface area (Å²) in [4.78, 5) is 10.2. The third-order valence-electron chi connectivity index (χ3n) is 6.31. The molecule has 0 aliphatic carbocycles. The van der Waals surface area contributed by atoms with Gasteiger partial charge < -0.3 is 0 Å². The zero-order valence-electron chi connectivity index (χ0n) is 18.2. The Morgan fingerprint density at radius 3 is 1.94 bits per heavy atom. The van der Waals surface area contributed by atoms with Crippen LogP contribution in [0.1, 0.15) is 0 Å². The lowest BCUT2D eigenvalue weighted by Crippen LogP contribution is -2.03. The van der Waals surface area contributed by atoms with Crippen molar-refractivity contribution in [3.8, 4) is 28.5 Å². The van der Waals surface area contributed by atoms with E-state index in [0.29, 0.717) is 5.95 Å². The maximum absolute atomic E-state index is 5.09. The van der Waals surface area contributed by atoms with Crippen LogP contribution < -0.4 is 0 Å². The van der Waals surface area contributed by atoms with Gasteiger partial charge in [-0.05, 0) is 35.0 Å². The van der Waals surface area contributed by atoms with Gasteiger partial charge in [-0.15, -0.1) is 11.3 Å². The average Bonchev–Trinajstić information content (AvgIpc) is 3.52. The minimum Gasteiger partial charge on any atom is -0.278 e. The Morgan fingerprint density at radius 1 is 0.588 bits per heavy atom. The molecule has 0 aliphatic heterocycles. The summed E-state index contributed by atoms with van der Waals surface area (Å²) < 4.78 is 3.51. The van der Waals surface area contributed by atoms with Gasteiger partial charge in [-0.1, -0.05) is 84.9 Å². The van der Waals surface area contributed by atoms with Gasteiger partial charge in [0.2, 0.25) is 5.95 Å². The highest BCUT2D eigenvalue weighted by molar-refractivity contribution is 7.18. The van der Waals surface area contributed by atoms with Crippen LogP contribution in [0, 0.1) is 0 Å². The maximum Gasteiger partial charge on any atom is 0.235 e. The van der Waals surface area contributed by atoms with Crippen LogP contribution in [-0.4, -0.2) is 14.5 Å². The van der Waals surface area contributed by atoms with E-state index in [1.165, 1.54) is 20.9 Å². The molecule has 34 heavy (non-hydrogen) atoms. The first-order valence-corrected chi connectivity index (χ1v) is 12.1. The van der Waals surface area contributed by atoms with Crippen LogP contribution >= 0.6 is 11.3 Å². The zero-order valence-corrected chi connectivity index (χ0v) is 19.0. The van der Waals surface area contributed by atoms with E-state index in [4.69, 9.17) is 9.97 Å². The summed E-state index contributed by atoms with van der Waals surface area (Å²) in [5, 5.41) is 5.92. The lowest BCUT2D eigenvalue weighted by atomic mass is 10.1. The SMILES string of the molecule is c1ccc(-c2cc(-c3ccccc3)nc(-n3c4ccccc4c4c5sccc5ccc43)n2)cc1. The summed E-state index contributed by atoms with van der Waals surface area (Å²) in [6.07, 6.45) is 0. The highest BCUT2D eigenvalue weighted by atomic mass is 32.1. The molecule has 0 fully saturated rings. The Labute approximate surface area is 200 Å². The van der Waals surface area contributed by atoms with Crippen LogP contribution in [0.5, 0.6) is 0 Å². The van der Waals surface area contributed by atoms with Gasteiger partial charge in [0, 0.05) is 26.6 Å². The largest absolute Gasteiger partial charge is 0.278 e. The van der Waals surface area contributed by atoms with Crippen molar-refractivity contribution in [1.82, 2.24) is 14.5 Å². The van der Waals surface area contributed by atoms with Crippen LogP contribution in [0.3, 0.4) is 0 Å². The van der Waals surface area contributed by atoms with Crippen molar-refractivity contribution in [2.75, 3.05) is 0 Å². The Hall–Kier alpha value is -4.28. The lowest BCUT2D eigenvalue weighted by Gasteiger charge is -2.11. The number of hydrogen-bond donors (Lipinski definition) is 0. The molecule has 4 aromatic carbocycles. The molecule has 7 rings (SSSR count). The summed E-state index contributed by atoms with van der Waals surface area (Å²) >= 11 is 1.79. The fourth-order valence-electron chi connectivity index (χ4n) is 4.74. The molecule has 0 bridgehead atoms. The molecule has 0 N–H and O–H groups in total. The molecular weight excluding hydrogens is 434 g/mol. The maximum atomic E-state index is 5.09. The predicted octanol–water partition coefficient (Wildman–Crippen LogP) is 8.12. The quantitative estimate of drug-likeness (QED) is 0.270. The summed E-state index contributed by atoms with van der Waals surface area (Å²) in [6.45, 7) is 0. The van der Waals surface area contributed by atoms with Crippen LogP contribution in [0.4, 0.5) is 0 Å². The topological polar surface area (TPSA) is 30.7 Å². The normalized spacial score (nSPS) is 11.5. The molecule has 0 amide bonds. The molecule has 3 aromatic heterocycles. The fraction of sp³-hybridized carbons (Fsp3) is 0. The molecule has 0 saturated heterocycles. The number of fused-ring (bicyclic) bond motifs is 5. The minimum atomic E-state index is 0.683. The molecule has 7 aromatic rings. The molecule has 3 heterocycles. The van der Waals surface area contributed by atoms with E-state index < -0.39 is 0 Å². The molecule has 0 aliphatic rings. The van der Waals surface area contributed by atoms with Crippen molar-refractivity contribution < 1.29 is 0 Å². The van der Waals surface area contributed by atoms with E-state index in [0.717, 1.165) is 33.5 Å². The molecule has 0 radical (unpaired) electrons. The van der Waals surface area contributed by atoms with Gasteiger partial charge in [0.15, 0.2) is 0 Å². The fourth-order valence-corrected chi connectivity index (χ4v) is 5.70. The Kier molecular flexibility index (Phi) is 4.32. The van der Waals surface area contributed by atoms with Crippen molar-refractivity contribution in [1.29, 1.82) is 0 Å². The molecule has 0 saturated carbocycles. The van der Waals surface area contributed by atoms with E-state index in [2.05, 4.69) is 82.7 Å². The first-order valence-electron chi connectivity index (χ1n) is 11.3. The number of hydrogen-bond acceptors (Lipinski definition) is 3. The van der Waals surface area contributed by atoms with Crippen molar-refractivity contribution in [2.24, 2.45) is 0 Å². The molecule has 160 valence electrons. The third kappa shape index (κ3) is 2.96. The Morgan fingerprint density at radius 2 is 1.24 bits per heavy atom. The van der Waals surface area contributed by atoms with Gasteiger partial charge in [0.05, 0.1) is 22.4 Å². The standard InChI is InChI=1S/C30H19N3S/c1-3-9-20(10-4-1)24-19-25(21-11-5-2-6-12-21)32-30(31-24)33-26-14-8-7-13-23(26)28-27(33)16-15-22-17-18-34-29(22)28/h1-19H. The number of aromatic nitrogens is 3. The zero-order chi connectivity index (χ0) is 22.5. The van der Waals surface area contributed by atoms with Crippen LogP contribution in [0.25, 0.3) is 60.4 Å². The van der Waals surface area contributed by atoms with Crippen molar-refractivity contribution in [3.05, 3.63) is 115 Å². The summed E-state index contributed by atoms with van der Waals surface area (Å²) in [7, 11) is 0. The second-order valence-electron chi connectivity index (χ2n) is 8.32. The van der Waals surface area contributed by atoms with Crippen LogP contribution in [0.2, 0.25) is 0 Å². The molecule has 4 heteroatoms. The Bertz CT molecular complexity index is 1740. The minimum absolute atomic E-state index is 0.683. The van der Waals surface area contributed by atoms with Crippen LogP contribution in [0.15, 0.2) is 115 Å². The van der Waals surface area contributed by atoms with Crippen molar-refractivity contribution >= 4 is 43.2 Å².